The van der Waals surface area contributed by atoms with Gasteiger partial charge in [-0.3, -0.25) is 4.79 Å². The Bertz CT molecular complexity index is 492. The SMILES string of the molecule is CCc1nc(C)cc(N2CCC[C@@](O)(C(N)=O)C2)n1. The predicted octanol–water partition coefficient (Wildman–Crippen LogP) is 0.164. The largest absolute Gasteiger partial charge is 0.378 e. The minimum Gasteiger partial charge on any atom is -0.378 e. The molecule has 0 saturated carbocycles. The number of nitrogens with zero attached hydrogens (tertiary/aromatic N) is 3. The summed E-state index contributed by atoms with van der Waals surface area (Å²) in [6, 6.07) is 1.87. The maximum Gasteiger partial charge on any atom is 0.251 e. The Kier molecular flexibility index (Phi) is 3.71. The molecule has 1 atom stereocenters. The average Bonchev–Trinajstić information content (AvgIpc) is 2.38. The molecule has 1 aliphatic rings. The smallest absolute Gasteiger partial charge is 0.251 e. The molecule has 1 fully saturated rings. The van der Waals surface area contributed by atoms with Crippen molar-refractivity contribution in [1.82, 2.24) is 9.97 Å². The molecule has 6 heteroatoms. The third kappa shape index (κ3) is 2.84. The number of nitrogens with two attached hydrogens (primary N) is 1. The van der Waals surface area contributed by atoms with Crippen molar-refractivity contribution < 1.29 is 9.90 Å². The first-order chi connectivity index (χ1) is 8.94. The number of carbonyl (C=O) groups excluding carboxylic acids is 1. The van der Waals surface area contributed by atoms with Crippen molar-refractivity contribution in [3.05, 3.63) is 17.6 Å². The van der Waals surface area contributed by atoms with Crippen molar-refractivity contribution in [1.29, 1.82) is 0 Å². The monoisotopic (exact) mass is 264 g/mol. The Morgan fingerprint density at radius 2 is 2.32 bits per heavy atom. The van der Waals surface area contributed by atoms with Gasteiger partial charge in [-0.25, -0.2) is 9.97 Å². The molecule has 2 rings (SSSR count). The Morgan fingerprint density at radius 3 is 2.95 bits per heavy atom. The minimum absolute atomic E-state index is 0.196. The number of aromatic nitrogens is 2. The zero-order valence-corrected chi connectivity index (χ0v) is 11.4. The van der Waals surface area contributed by atoms with Gasteiger partial charge in [0, 0.05) is 24.7 Å². The molecule has 0 spiro atoms. The molecule has 0 bridgehead atoms. The Balaban J connectivity index is 2.26. The lowest BCUT2D eigenvalue weighted by Crippen LogP contribution is -2.56. The molecule has 3 N–H and O–H groups in total. The maximum absolute atomic E-state index is 11.4. The fourth-order valence-electron chi connectivity index (χ4n) is 2.37. The van der Waals surface area contributed by atoms with E-state index in [2.05, 4.69) is 9.97 Å². The molecule has 0 aromatic carbocycles. The van der Waals surface area contributed by atoms with Gasteiger partial charge in [-0.1, -0.05) is 6.92 Å². The highest BCUT2D eigenvalue weighted by Gasteiger charge is 2.39. The molecular formula is C13H20N4O2. The van der Waals surface area contributed by atoms with E-state index in [-0.39, 0.29) is 6.54 Å². The van der Waals surface area contributed by atoms with E-state index in [1.807, 2.05) is 24.8 Å². The number of anilines is 1. The lowest BCUT2D eigenvalue weighted by molar-refractivity contribution is -0.137. The van der Waals surface area contributed by atoms with Crippen LogP contribution in [0.2, 0.25) is 0 Å². The Hall–Kier alpha value is -1.69. The average molecular weight is 264 g/mol. The first kappa shape index (κ1) is 13.7. The van der Waals surface area contributed by atoms with Crippen LogP contribution in [0.4, 0.5) is 5.82 Å². The van der Waals surface area contributed by atoms with Crippen molar-refractivity contribution >= 4 is 11.7 Å². The second-order valence-electron chi connectivity index (χ2n) is 5.06. The summed E-state index contributed by atoms with van der Waals surface area (Å²) >= 11 is 0. The normalized spacial score (nSPS) is 23.4. The number of amides is 1. The number of aliphatic hydroxyl groups is 1. The third-order valence-electron chi connectivity index (χ3n) is 3.46. The number of primary amides is 1. The summed E-state index contributed by atoms with van der Waals surface area (Å²) in [4.78, 5) is 22.0. The molecule has 2 heterocycles. The summed E-state index contributed by atoms with van der Waals surface area (Å²) in [7, 11) is 0. The molecule has 6 nitrogen and oxygen atoms in total. The lowest BCUT2D eigenvalue weighted by atomic mass is 9.92. The van der Waals surface area contributed by atoms with E-state index < -0.39 is 11.5 Å². The Morgan fingerprint density at radius 1 is 1.58 bits per heavy atom. The summed E-state index contributed by atoms with van der Waals surface area (Å²) in [5, 5.41) is 10.2. The number of aryl methyl sites for hydroxylation is 2. The van der Waals surface area contributed by atoms with Crippen LogP contribution in [-0.4, -0.2) is 39.7 Å². The molecule has 0 radical (unpaired) electrons. The Labute approximate surface area is 112 Å². The van der Waals surface area contributed by atoms with Crippen LogP contribution in [0.25, 0.3) is 0 Å². The van der Waals surface area contributed by atoms with E-state index in [1.165, 1.54) is 0 Å². The first-order valence-electron chi connectivity index (χ1n) is 6.56. The maximum atomic E-state index is 11.4. The summed E-state index contributed by atoms with van der Waals surface area (Å²) in [6.45, 7) is 4.86. The van der Waals surface area contributed by atoms with E-state index in [0.29, 0.717) is 12.8 Å². The van der Waals surface area contributed by atoms with Crippen LogP contribution in [0.15, 0.2) is 6.07 Å². The van der Waals surface area contributed by atoms with Gasteiger partial charge in [0.25, 0.3) is 5.91 Å². The standard InChI is InChI=1S/C13H20N4O2/c1-3-10-15-9(2)7-11(16-10)17-6-4-5-13(19,8-17)12(14)18/h7,19H,3-6,8H2,1-2H3,(H2,14,18)/t13-/m0/s1. The molecule has 1 aliphatic heterocycles. The van der Waals surface area contributed by atoms with Crippen molar-refractivity contribution in [2.24, 2.45) is 5.73 Å². The van der Waals surface area contributed by atoms with Crippen LogP contribution in [0.5, 0.6) is 0 Å². The molecule has 1 amide bonds. The molecular weight excluding hydrogens is 244 g/mol. The van der Waals surface area contributed by atoms with Crippen molar-refractivity contribution in [3.8, 4) is 0 Å². The third-order valence-corrected chi connectivity index (χ3v) is 3.46. The molecule has 1 saturated heterocycles. The second kappa shape index (κ2) is 5.13. The predicted molar refractivity (Wildman–Crippen MR) is 71.7 cm³/mol. The molecule has 19 heavy (non-hydrogen) atoms. The lowest BCUT2D eigenvalue weighted by Gasteiger charge is -2.37. The van der Waals surface area contributed by atoms with Gasteiger partial charge in [0.2, 0.25) is 0 Å². The summed E-state index contributed by atoms with van der Waals surface area (Å²) < 4.78 is 0. The van der Waals surface area contributed by atoms with Crippen molar-refractivity contribution in [3.63, 3.8) is 0 Å². The quantitative estimate of drug-likeness (QED) is 0.811. The molecule has 104 valence electrons. The number of carbonyl (C=O) groups is 1. The number of rotatable bonds is 3. The minimum atomic E-state index is -1.45. The summed E-state index contributed by atoms with van der Waals surface area (Å²) in [6.07, 6.45) is 1.87. The van der Waals surface area contributed by atoms with Crippen molar-refractivity contribution in [2.45, 2.75) is 38.7 Å². The number of hydrogen-bond acceptors (Lipinski definition) is 5. The van der Waals surface area contributed by atoms with Gasteiger partial charge >= 0.3 is 0 Å². The van der Waals surface area contributed by atoms with Gasteiger partial charge < -0.3 is 15.7 Å². The fraction of sp³-hybridized carbons (Fsp3) is 0.615. The van der Waals surface area contributed by atoms with Gasteiger partial charge in [-0.15, -0.1) is 0 Å². The first-order valence-corrected chi connectivity index (χ1v) is 6.56. The zero-order chi connectivity index (χ0) is 14.0. The highest BCUT2D eigenvalue weighted by atomic mass is 16.3. The topological polar surface area (TPSA) is 92.3 Å². The zero-order valence-electron chi connectivity index (χ0n) is 11.4. The molecule has 1 aromatic rings. The fourth-order valence-corrected chi connectivity index (χ4v) is 2.37. The van der Waals surface area contributed by atoms with Crippen LogP contribution in [0.1, 0.15) is 31.3 Å². The highest BCUT2D eigenvalue weighted by molar-refractivity contribution is 5.84. The van der Waals surface area contributed by atoms with Crippen LogP contribution in [0.3, 0.4) is 0 Å². The molecule has 1 aromatic heterocycles. The summed E-state index contributed by atoms with van der Waals surface area (Å²) in [5.74, 6) is 0.852. The van der Waals surface area contributed by atoms with Crippen molar-refractivity contribution in [2.75, 3.05) is 18.0 Å². The van der Waals surface area contributed by atoms with Gasteiger partial charge in [-0.05, 0) is 19.8 Å². The second-order valence-corrected chi connectivity index (χ2v) is 5.06. The number of piperidine rings is 1. The van der Waals surface area contributed by atoms with E-state index in [0.717, 1.165) is 30.3 Å². The van der Waals surface area contributed by atoms with Gasteiger partial charge in [0.15, 0.2) is 5.60 Å². The van der Waals surface area contributed by atoms with E-state index in [1.54, 1.807) is 0 Å². The van der Waals surface area contributed by atoms with E-state index >= 15 is 0 Å². The van der Waals surface area contributed by atoms with Crippen LogP contribution >= 0.6 is 0 Å². The van der Waals surface area contributed by atoms with Crippen LogP contribution in [0, 0.1) is 6.92 Å². The van der Waals surface area contributed by atoms with Crippen LogP contribution < -0.4 is 10.6 Å². The van der Waals surface area contributed by atoms with Crippen LogP contribution in [-0.2, 0) is 11.2 Å². The summed E-state index contributed by atoms with van der Waals surface area (Å²) in [5.41, 5.74) is 4.71. The van der Waals surface area contributed by atoms with E-state index in [4.69, 9.17) is 5.73 Å². The van der Waals surface area contributed by atoms with Gasteiger partial charge in [0.1, 0.15) is 11.6 Å². The number of hydrogen-bond donors (Lipinski definition) is 2. The molecule has 0 aliphatic carbocycles. The van der Waals surface area contributed by atoms with Gasteiger partial charge in [-0.2, -0.15) is 0 Å². The number of β-amino-alcohol motifs (C(OH)–C–C–N with tert-alkyl or cyclic N) is 1. The highest BCUT2D eigenvalue weighted by Crippen LogP contribution is 2.25. The van der Waals surface area contributed by atoms with E-state index in [9.17, 15) is 9.90 Å². The molecule has 0 unspecified atom stereocenters. The van der Waals surface area contributed by atoms with Gasteiger partial charge in [0.05, 0.1) is 6.54 Å².